The zero-order valence-electron chi connectivity index (χ0n) is 23.2. The van der Waals surface area contributed by atoms with E-state index in [9.17, 15) is 22.4 Å². The molecule has 11 heteroatoms. The van der Waals surface area contributed by atoms with E-state index in [2.05, 4.69) is 27.3 Å². The van der Waals surface area contributed by atoms with Crippen LogP contribution in [0, 0.1) is 12.7 Å². The molecule has 0 radical (unpaired) electrons. The molecule has 0 aliphatic heterocycles. The summed E-state index contributed by atoms with van der Waals surface area (Å²) in [4.78, 5) is 22.8. The van der Waals surface area contributed by atoms with Gasteiger partial charge in [0.2, 0.25) is 0 Å². The van der Waals surface area contributed by atoms with Crippen LogP contribution in [0.1, 0.15) is 79.9 Å². The first kappa shape index (κ1) is 31.5. The van der Waals surface area contributed by atoms with Gasteiger partial charge < -0.3 is 10.5 Å². The van der Waals surface area contributed by atoms with Gasteiger partial charge in [0.15, 0.2) is 11.5 Å². The average Bonchev–Trinajstić information content (AvgIpc) is 3.32. The van der Waals surface area contributed by atoms with Gasteiger partial charge in [-0.3, -0.25) is 0 Å². The van der Waals surface area contributed by atoms with Crippen molar-refractivity contribution >= 4 is 17.0 Å². The molecule has 0 spiro atoms. The second kappa shape index (κ2) is 15.1. The van der Waals surface area contributed by atoms with Gasteiger partial charge in [-0.15, -0.1) is 0 Å². The van der Waals surface area contributed by atoms with Crippen molar-refractivity contribution in [3.05, 3.63) is 77.6 Å². The molecule has 0 fully saturated rings. The Balaban J connectivity index is 0.000000239. The summed E-state index contributed by atoms with van der Waals surface area (Å²) in [5, 5.41) is 8.96. The van der Waals surface area contributed by atoms with Crippen molar-refractivity contribution < 1.29 is 27.5 Å². The number of carboxylic acid groups (broad SMARTS) is 1. The molecule has 0 atom stereocenters. The van der Waals surface area contributed by atoms with E-state index in [-0.39, 0.29) is 16.8 Å². The molecule has 0 aliphatic carbocycles. The normalized spacial score (nSPS) is 11.3. The average molecular weight is 574 g/mol. The number of alkyl halides is 3. The second-order valence-electron chi connectivity index (χ2n) is 9.68. The van der Waals surface area contributed by atoms with Gasteiger partial charge in [0.25, 0.3) is 0 Å². The van der Waals surface area contributed by atoms with Gasteiger partial charge >= 0.3 is 12.1 Å². The zero-order chi connectivity index (χ0) is 29.8. The van der Waals surface area contributed by atoms with Crippen LogP contribution in [0.4, 0.5) is 17.6 Å². The number of nitrogens with zero attached hydrogens (tertiary/aromatic N) is 4. The van der Waals surface area contributed by atoms with Crippen LogP contribution < -0.4 is 5.43 Å². The van der Waals surface area contributed by atoms with Gasteiger partial charge in [-0.25, -0.2) is 28.8 Å². The number of benzene rings is 1. The third kappa shape index (κ3) is 9.26. The molecule has 2 N–H and O–H groups in total. The van der Waals surface area contributed by atoms with Gasteiger partial charge in [-0.1, -0.05) is 64.0 Å². The van der Waals surface area contributed by atoms with E-state index in [1.165, 1.54) is 79.9 Å². The molecule has 0 bridgehead atoms. The lowest BCUT2D eigenvalue weighted by Crippen LogP contribution is -2.15. The van der Waals surface area contributed by atoms with Crippen molar-refractivity contribution in [2.45, 2.75) is 71.4 Å². The van der Waals surface area contributed by atoms with E-state index in [0.717, 1.165) is 19.0 Å². The molecule has 0 unspecified atom stereocenters. The molecule has 3 heterocycles. The number of pyridine rings is 1. The highest BCUT2D eigenvalue weighted by atomic mass is 19.4. The van der Waals surface area contributed by atoms with E-state index >= 15 is 0 Å². The van der Waals surface area contributed by atoms with Crippen molar-refractivity contribution in [2.75, 3.05) is 12.0 Å². The molecule has 0 saturated carbocycles. The molecular weight excluding hydrogens is 538 g/mol. The first-order valence-electron chi connectivity index (χ1n) is 13.7. The Bertz CT molecular complexity index is 1420. The van der Waals surface area contributed by atoms with Crippen molar-refractivity contribution in [3.63, 3.8) is 0 Å². The highest BCUT2D eigenvalue weighted by Crippen LogP contribution is 2.35. The number of fused-ring (bicyclic) bond motifs is 1. The number of unbranched alkanes of at least 4 members (excludes halogenated alkanes) is 7. The number of carboxylic acids is 1. The lowest BCUT2D eigenvalue weighted by atomic mass is 10.1. The summed E-state index contributed by atoms with van der Waals surface area (Å²) in [6, 6.07) is 8.82. The van der Waals surface area contributed by atoms with Crippen LogP contribution in [0.5, 0.6) is 0 Å². The second-order valence-corrected chi connectivity index (χ2v) is 9.68. The van der Waals surface area contributed by atoms with E-state index in [0.29, 0.717) is 29.3 Å². The minimum Gasteiger partial charge on any atom is -0.478 e. The number of hydrogen-bond acceptors (Lipinski definition) is 5. The van der Waals surface area contributed by atoms with E-state index in [1.807, 2.05) is 0 Å². The molecular formula is C30H35F4N5O2. The Labute approximate surface area is 236 Å². The summed E-state index contributed by atoms with van der Waals surface area (Å²) in [7, 11) is 0. The van der Waals surface area contributed by atoms with Crippen molar-refractivity contribution in [3.8, 4) is 11.4 Å². The van der Waals surface area contributed by atoms with Crippen LogP contribution >= 0.6 is 0 Å². The van der Waals surface area contributed by atoms with Crippen molar-refractivity contribution in [2.24, 2.45) is 0 Å². The molecule has 41 heavy (non-hydrogen) atoms. The molecule has 0 amide bonds. The molecule has 7 nitrogen and oxygen atoms in total. The Kier molecular flexibility index (Phi) is 11.6. The van der Waals surface area contributed by atoms with E-state index < -0.39 is 17.7 Å². The zero-order valence-corrected chi connectivity index (χ0v) is 23.2. The predicted octanol–water partition coefficient (Wildman–Crippen LogP) is 8.03. The Hall–Kier alpha value is -4.02. The van der Waals surface area contributed by atoms with Crippen LogP contribution in [0.3, 0.4) is 0 Å². The lowest BCUT2D eigenvalue weighted by Gasteiger charge is -2.08. The first-order chi connectivity index (χ1) is 19.6. The van der Waals surface area contributed by atoms with Crippen LogP contribution in [-0.2, 0) is 6.18 Å². The van der Waals surface area contributed by atoms with Gasteiger partial charge in [0.1, 0.15) is 5.82 Å². The minimum absolute atomic E-state index is 0.0464. The van der Waals surface area contributed by atoms with Gasteiger partial charge in [0.05, 0.1) is 16.8 Å². The van der Waals surface area contributed by atoms with Gasteiger partial charge in [-0.2, -0.15) is 13.2 Å². The summed E-state index contributed by atoms with van der Waals surface area (Å²) in [5.74, 6) is -1.15. The van der Waals surface area contributed by atoms with Crippen molar-refractivity contribution in [1.29, 1.82) is 0 Å². The van der Waals surface area contributed by atoms with Gasteiger partial charge in [0, 0.05) is 36.1 Å². The number of rotatable bonds is 12. The summed E-state index contributed by atoms with van der Waals surface area (Å²) in [5.41, 5.74) is 3.64. The first-order valence-corrected chi connectivity index (χ1v) is 13.7. The molecule has 4 rings (SSSR count). The predicted molar refractivity (Wildman–Crippen MR) is 151 cm³/mol. The maximum atomic E-state index is 13.1. The number of hydrogen-bond donors (Lipinski definition) is 2. The fourth-order valence-electron chi connectivity index (χ4n) is 4.31. The summed E-state index contributed by atoms with van der Waals surface area (Å²) < 4.78 is 53.6. The van der Waals surface area contributed by atoms with Crippen molar-refractivity contribution in [1.82, 2.24) is 19.6 Å². The molecule has 1 aromatic carbocycles. The number of aromatic carboxylic acids is 1. The fourth-order valence-corrected chi connectivity index (χ4v) is 4.31. The Morgan fingerprint density at radius 1 is 1.00 bits per heavy atom. The highest BCUT2D eigenvalue weighted by molar-refractivity contribution is 5.88. The highest BCUT2D eigenvalue weighted by Gasteiger charge is 2.34. The number of nitrogens with one attached hydrogen (secondary N) is 1. The molecule has 0 aliphatic rings. The van der Waals surface area contributed by atoms with Crippen LogP contribution in [0.15, 0.2) is 55.0 Å². The molecule has 220 valence electrons. The quantitative estimate of drug-likeness (QED) is 0.132. The SMILES string of the molecule is CCCCCCCCCCNn1cc(C(F)(F)F)c2cccnc21.Cc1nc(-c2cccc(F)c2)ncc1C(=O)O. The maximum Gasteiger partial charge on any atom is 0.418 e. The third-order valence-corrected chi connectivity index (χ3v) is 6.47. The van der Waals surface area contributed by atoms with Crippen LogP contribution in [0.25, 0.3) is 22.4 Å². The number of aryl methyl sites for hydroxylation is 1. The molecule has 3 aromatic heterocycles. The van der Waals surface area contributed by atoms with Crippen LogP contribution in [0.2, 0.25) is 0 Å². The monoisotopic (exact) mass is 573 g/mol. The minimum atomic E-state index is -4.37. The fraction of sp³-hybridized carbons (Fsp3) is 0.400. The standard InChI is InChI=1S/C18H26F3N3.C12H9FN2O2/c1-2-3-4-5-6-7-8-9-13-23-24-14-16(18(19,20)21)15-11-10-12-22-17(15)24;1-7-10(12(16)17)6-14-11(15-7)8-3-2-4-9(13)5-8/h10-12,14,23H,2-9,13H2,1H3;2-6H,1H3,(H,16,17). The lowest BCUT2D eigenvalue weighted by molar-refractivity contribution is -0.136. The molecule has 4 aromatic rings. The smallest absolute Gasteiger partial charge is 0.418 e. The van der Waals surface area contributed by atoms with Gasteiger partial charge in [-0.05, 0) is 37.6 Å². The topological polar surface area (TPSA) is 92.9 Å². The maximum absolute atomic E-state index is 13.1. The summed E-state index contributed by atoms with van der Waals surface area (Å²) in [6.07, 6.45) is 9.07. The summed E-state index contributed by atoms with van der Waals surface area (Å²) in [6.45, 7) is 4.43. The Morgan fingerprint density at radius 3 is 2.34 bits per heavy atom. The molecule has 0 saturated heterocycles. The third-order valence-electron chi connectivity index (χ3n) is 6.47. The van der Waals surface area contributed by atoms with E-state index in [1.54, 1.807) is 19.1 Å². The van der Waals surface area contributed by atoms with Crippen LogP contribution in [-0.4, -0.2) is 37.2 Å². The summed E-state index contributed by atoms with van der Waals surface area (Å²) >= 11 is 0. The largest absolute Gasteiger partial charge is 0.478 e. The number of carbonyl (C=O) groups is 1. The number of aromatic nitrogens is 4. The number of halogens is 4. The van der Waals surface area contributed by atoms with E-state index in [4.69, 9.17) is 5.11 Å². The Morgan fingerprint density at radius 2 is 1.71 bits per heavy atom.